The number of nitrogens with zero attached hydrogens (tertiary/aromatic N) is 3. The number of hydrogen-bond donors (Lipinski definition) is 0. The van der Waals surface area contributed by atoms with Crippen LogP contribution in [0.1, 0.15) is 5.69 Å². The molecule has 2 heterocycles. The molecule has 0 saturated carbocycles. The maximum atomic E-state index is 5.60. The van der Waals surface area contributed by atoms with Crippen molar-refractivity contribution in [2.24, 2.45) is 0 Å². The summed E-state index contributed by atoms with van der Waals surface area (Å²) in [7, 11) is 0. The average Bonchev–Trinajstić information content (AvgIpc) is 2.51. The summed E-state index contributed by atoms with van der Waals surface area (Å²) in [5.41, 5.74) is 1.88. The molecule has 0 atom stereocenters. The van der Waals surface area contributed by atoms with Crippen LogP contribution in [0, 0.1) is 0 Å². The smallest absolute Gasteiger partial charge is 0.155 e. The SMILES string of the molecule is ClCCc1ccn2nccc2n1. The lowest BCUT2D eigenvalue weighted by atomic mass is 10.3. The Balaban J connectivity index is 2.46. The molecule has 0 amide bonds. The number of hydrogen-bond acceptors (Lipinski definition) is 2. The van der Waals surface area contributed by atoms with Gasteiger partial charge in [-0.15, -0.1) is 11.6 Å². The summed E-state index contributed by atoms with van der Waals surface area (Å²) in [5, 5.41) is 4.04. The Hall–Kier alpha value is -1.09. The van der Waals surface area contributed by atoms with E-state index >= 15 is 0 Å². The molecule has 4 heteroatoms. The lowest BCUT2D eigenvalue weighted by Gasteiger charge is -1.96. The van der Waals surface area contributed by atoms with Crippen LogP contribution in [0.5, 0.6) is 0 Å². The van der Waals surface area contributed by atoms with E-state index in [1.165, 1.54) is 0 Å². The van der Waals surface area contributed by atoms with E-state index in [1.54, 1.807) is 10.7 Å². The second kappa shape index (κ2) is 3.11. The Morgan fingerprint density at radius 3 is 3.17 bits per heavy atom. The van der Waals surface area contributed by atoms with E-state index in [4.69, 9.17) is 11.6 Å². The molecule has 0 aliphatic heterocycles. The molecular formula is C8H8ClN3. The molecular weight excluding hydrogens is 174 g/mol. The van der Waals surface area contributed by atoms with Gasteiger partial charge >= 0.3 is 0 Å². The summed E-state index contributed by atoms with van der Waals surface area (Å²) in [6, 6.07) is 3.81. The van der Waals surface area contributed by atoms with Crippen molar-refractivity contribution >= 4 is 17.2 Å². The lowest BCUT2D eigenvalue weighted by Crippen LogP contribution is -1.95. The predicted molar refractivity (Wildman–Crippen MR) is 47.4 cm³/mol. The minimum Gasteiger partial charge on any atom is -0.234 e. The van der Waals surface area contributed by atoms with Crippen LogP contribution in [-0.4, -0.2) is 20.5 Å². The van der Waals surface area contributed by atoms with E-state index < -0.39 is 0 Å². The van der Waals surface area contributed by atoms with Gasteiger partial charge < -0.3 is 0 Å². The van der Waals surface area contributed by atoms with E-state index in [2.05, 4.69) is 10.1 Å². The van der Waals surface area contributed by atoms with Gasteiger partial charge in [0.1, 0.15) is 0 Å². The third-order valence-electron chi connectivity index (χ3n) is 1.67. The first kappa shape index (κ1) is 7.55. The second-order valence-electron chi connectivity index (χ2n) is 2.49. The number of rotatable bonds is 2. The van der Waals surface area contributed by atoms with Crippen molar-refractivity contribution in [1.82, 2.24) is 14.6 Å². The van der Waals surface area contributed by atoms with Gasteiger partial charge in [-0.3, -0.25) is 0 Å². The van der Waals surface area contributed by atoms with E-state index in [9.17, 15) is 0 Å². The predicted octanol–water partition coefficient (Wildman–Crippen LogP) is 1.51. The van der Waals surface area contributed by atoms with E-state index in [1.807, 2.05) is 18.3 Å². The van der Waals surface area contributed by atoms with Gasteiger partial charge in [0.25, 0.3) is 0 Å². The third kappa shape index (κ3) is 1.28. The van der Waals surface area contributed by atoms with E-state index in [-0.39, 0.29) is 0 Å². The number of aryl methyl sites for hydroxylation is 1. The summed E-state index contributed by atoms with van der Waals surface area (Å²) in [4.78, 5) is 4.34. The third-order valence-corrected chi connectivity index (χ3v) is 1.86. The van der Waals surface area contributed by atoms with E-state index in [0.29, 0.717) is 5.88 Å². The van der Waals surface area contributed by atoms with Crippen LogP contribution in [-0.2, 0) is 6.42 Å². The summed E-state index contributed by atoms with van der Waals surface area (Å²) < 4.78 is 1.73. The minimum absolute atomic E-state index is 0.608. The van der Waals surface area contributed by atoms with Crippen molar-refractivity contribution in [2.75, 3.05) is 5.88 Å². The standard InChI is InChI=1S/C8H8ClN3/c9-4-1-7-3-6-12-8(11-7)2-5-10-12/h2-3,5-6H,1,4H2. The highest BCUT2D eigenvalue weighted by molar-refractivity contribution is 6.17. The normalized spacial score (nSPS) is 10.8. The zero-order chi connectivity index (χ0) is 8.39. The molecule has 2 rings (SSSR count). The highest BCUT2D eigenvalue weighted by atomic mass is 35.5. The molecule has 0 radical (unpaired) electrons. The highest BCUT2D eigenvalue weighted by Crippen LogP contribution is 2.01. The Kier molecular flexibility index (Phi) is 1.96. The molecule has 0 saturated heterocycles. The van der Waals surface area contributed by atoms with Crippen LogP contribution >= 0.6 is 11.6 Å². The largest absolute Gasteiger partial charge is 0.234 e. The number of fused-ring (bicyclic) bond motifs is 1. The molecule has 12 heavy (non-hydrogen) atoms. The van der Waals surface area contributed by atoms with Gasteiger partial charge in [-0.25, -0.2) is 9.50 Å². The Morgan fingerprint density at radius 2 is 2.33 bits per heavy atom. The van der Waals surface area contributed by atoms with Crippen molar-refractivity contribution < 1.29 is 0 Å². The van der Waals surface area contributed by atoms with Gasteiger partial charge in [-0.2, -0.15) is 5.10 Å². The van der Waals surface area contributed by atoms with Gasteiger partial charge in [-0.1, -0.05) is 0 Å². The molecule has 2 aromatic heterocycles. The molecule has 3 nitrogen and oxygen atoms in total. The maximum Gasteiger partial charge on any atom is 0.155 e. The topological polar surface area (TPSA) is 30.2 Å². The summed E-state index contributed by atoms with van der Waals surface area (Å²) in [5.74, 6) is 0.608. The highest BCUT2D eigenvalue weighted by Gasteiger charge is 1.96. The fraction of sp³-hybridized carbons (Fsp3) is 0.250. The number of halogens is 1. The Labute approximate surface area is 75.0 Å². The quantitative estimate of drug-likeness (QED) is 0.658. The molecule has 2 aromatic rings. The van der Waals surface area contributed by atoms with Gasteiger partial charge in [0.05, 0.1) is 6.20 Å². The van der Waals surface area contributed by atoms with Crippen molar-refractivity contribution in [3.63, 3.8) is 0 Å². The van der Waals surface area contributed by atoms with Crippen LogP contribution in [0.4, 0.5) is 0 Å². The molecule has 0 aromatic carbocycles. The molecule has 0 N–H and O–H groups in total. The number of aromatic nitrogens is 3. The fourth-order valence-corrected chi connectivity index (χ4v) is 1.28. The van der Waals surface area contributed by atoms with Gasteiger partial charge in [-0.05, 0) is 6.07 Å². The first-order valence-corrected chi connectivity index (χ1v) is 4.29. The molecule has 0 spiro atoms. The second-order valence-corrected chi connectivity index (χ2v) is 2.87. The molecule has 62 valence electrons. The molecule has 0 aliphatic rings. The lowest BCUT2D eigenvalue weighted by molar-refractivity contribution is 0.913. The molecule has 0 aliphatic carbocycles. The van der Waals surface area contributed by atoms with Gasteiger partial charge in [0.2, 0.25) is 0 Å². The first-order chi connectivity index (χ1) is 5.90. The van der Waals surface area contributed by atoms with E-state index in [0.717, 1.165) is 17.8 Å². The average molecular weight is 182 g/mol. The Morgan fingerprint density at radius 1 is 1.42 bits per heavy atom. The van der Waals surface area contributed by atoms with Crippen LogP contribution in [0.15, 0.2) is 24.5 Å². The summed E-state index contributed by atoms with van der Waals surface area (Å²) >= 11 is 5.60. The maximum absolute atomic E-state index is 5.60. The minimum atomic E-state index is 0.608. The molecule has 0 unspecified atom stereocenters. The molecule has 0 bridgehead atoms. The van der Waals surface area contributed by atoms with Crippen molar-refractivity contribution in [1.29, 1.82) is 0 Å². The van der Waals surface area contributed by atoms with Crippen LogP contribution < -0.4 is 0 Å². The van der Waals surface area contributed by atoms with Crippen molar-refractivity contribution in [2.45, 2.75) is 6.42 Å². The van der Waals surface area contributed by atoms with Gasteiger partial charge in [0.15, 0.2) is 5.65 Å². The zero-order valence-corrected chi connectivity index (χ0v) is 7.20. The first-order valence-electron chi connectivity index (χ1n) is 3.75. The number of alkyl halides is 1. The Bertz CT molecular complexity index is 382. The monoisotopic (exact) mass is 181 g/mol. The van der Waals surface area contributed by atoms with Crippen molar-refractivity contribution in [3.8, 4) is 0 Å². The zero-order valence-electron chi connectivity index (χ0n) is 6.44. The van der Waals surface area contributed by atoms with Crippen molar-refractivity contribution in [3.05, 3.63) is 30.2 Å². The van der Waals surface area contributed by atoms with Gasteiger partial charge in [0, 0.05) is 30.3 Å². The summed E-state index contributed by atoms with van der Waals surface area (Å²) in [6.45, 7) is 0. The fourth-order valence-electron chi connectivity index (χ4n) is 1.09. The van der Waals surface area contributed by atoms with Crippen LogP contribution in [0.25, 0.3) is 5.65 Å². The summed E-state index contributed by atoms with van der Waals surface area (Å²) in [6.07, 6.45) is 4.43. The van der Waals surface area contributed by atoms with Crippen LogP contribution in [0.2, 0.25) is 0 Å². The van der Waals surface area contributed by atoms with Crippen LogP contribution in [0.3, 0.4) is 0 Å². The molecule has 0 fully saturated rings.